The molecular formula is C12H12BrFN. The van der Waals surface area contributed by atoms with Crippen LogP contribution in [0.2, 0.25) is 0 Å². The predicted molar refractivity (Wildman–Crippen MR) is 64.3 cm³/mol. The third-order valence-corrected chi connectivity index (χ3v) is 3.39. The summed E-state index contributed by atoms with van der Waals surface area (Å²) >= 11 is 3.43. The number of nitrogens with zero attached hydrogens (tertiary/aromatic N) is 1. The van der Waals surface area contributed by atoms with Crippen molar-refractivity contribution in [3.63, 3.8) is 0 Å². The number of hydrogen-bond acceptors (Lipinski definition) is 0. The molecule has 0 saturated carbocycles. The van der Waals surface area contributed by atoms with Crippen LogP contribution in [0.25, 0.3) is 10.9 Å². The molecule has 1 radical (unpaired) electrons. The zero-order valence-corrected chi connectivity index (χ0v) is 10.3. The number of benzene rings is 1. The Labute approximate surface area is 97.0 Å². The standard InChI is InChI=1S/C12H12BrFN/c1-3-8(2)15-7-6-9-10(13)4-5-11(14)12(9)15/h3-8H,1-2H3. The highest BCUT2D eigenvalue weighted by atomic mass is 79.9. The van der Waals surface area contributed by atoms with Gasteiger partial charge >= 0.3 is 0 Å². The molecule has 3 heteroatoms. The van der Waals surface area contributed by atoms with Gasteiger partial charge in [0.15, 0.2) is 0 Å². The molecule has 0 aliphatic heterocycles. The minimum absolute atomic E-state index is 0.174. The van der Waals surface area contributed by atoms with E-state index in [9.17, 15) is 4.39 Å². The number of halogens is 2. The summed E-state index contributed by atoms with van der Waals surface area (Å²) in [5.41, 5.74) is 0.662. The largest absolute Gasteiger partial charge is 0.342 e. The van der Waals surface area contributed by atoms with Crippen molar-refractivity contribution in [1.29, 1.82) is 0 Å². The van der Waals surface area contributed by atoms with E-state index in [1.807, 2.05) is 37.1 Å². The Kier molecular flexibility index (Phi) is 2.83. The lowest BCUT2D eigenvalue weighted by Gasteiger charge is -2.13. The van der Waals surface area contributed by atoms with E-state index >= 15 is 0 Å². The van der Waals surface area contributed by atoms with Gasteiger partial charge in [-0.05, 0) is 31.5 Å². The van der Waals surface area contributed by atoms with Crippen molar-refractivity contribution in [3.8, 4) is 0 Å². The third-order valence-electron chi connectivity index (χ3n) is 2.70. The van der Waals surface area contributed by atoms with Crippen LogP contribution in [0.1, 0.15) is 19.9 Å². The van der Waals surface area contributed by atoms with Gasteiger partial charge in [-0.15, -0.1) is 0 Å². The average Bonchev–Trinajstić information content (AvgIpc) is 2.68. The summed E-state index contributed by atoms with van der Waals surface area (Å²) in [5, 5.41) is 0.920. The second kappa shape index (κ2) is 3.97. The highest BCUT2D eigenvalue weighted by molar-refractivity contribution is 9.10. The highest BCUT2D eigenvalue weighted by Gasteiger charge is 2.12. The maximum absolute atomic E-state index is 13.7. The summed E-state index contributed by atoms with van der Waals surface area (Å²) in [6, 6.07) is 5.36. The molecule has 15 heavy (non-hydrogen) atoms. The molecule has 0 aliphatic carbocycles. The zero-order valence-electron chi connectivity index (χ0n) is 8.67. The second-order valence-electron chi connectivity index (χ2n) is 3.59. The molecule has 1 unspecified atom stereocenters. The number of aromatic nitrogens is 1. The van der Waals surface area contributed by atoms with Gasteiger partial charge < -0.3 is 4.57 Å². The highest BCUT2D eigenvalue weighted by Crippen LogP contribution is 2.29. The summed E-state index contributed by atoms with van der Waals surface area (Å²) in [6.45, 7) is 4.02. The van der Waals surface area contributed by atoms with E-state index in [0.29, 0.717) is 5.52 Å². The van der Waals surface area contributed by atoms with Gasteiger partial charge in [-0.2, -0.15) is 0 Å². The molecule has 1 heterocycles. The number of rotatable bonds is 2. The first-order chi connectivity index (χ1) is 7.15. The number of fused-ring (bicyclic) bond motifs is 1. The molecule has 0 saturated heterocycles. The van der Waals surface area contributed by atoms with Gasteiger partial charge in [0.25, 0.3) is 0 Å². The predicted octanol–water partition coefficient (Wildman–Crippen LogP) is 4.33. The van der Waals surface area contributed by atoms with Gasteiger partial charge in [-0.25, -0.2) is 4.39 Å². The van der Waals surface area contributed by atoms with Crippen molar-refractivity contribution in [1.82, 2.24) is 4.57 Å². The first-order valence-corrected chi connectivity index (χ1v) is 5.68. The summed E-state index contributed by atoms with van der Waals surface area (Å²) in [5.74, 6) is -0.174. The van der Waals surface area contributed by atoms with Crippen LogP contribution in [-0.4, -0.2) is 4.57 Å². The normalized spacial score (nSPS) is 13.3. The Morgan fingerprint density at radius 2 is 2.13 bits per heavy atom. The summed E-state index contributed by atoms with van der Waals surface area (Å²) in [7, 11) is 0. The Bertz CT molecular complexity index is 490. The van der Waals surface area contributed by atoms with E-state index in [1.54, 1.807) is 6.07 Å². The zero-order chi connectivity index (χ0) is 11.0. The van der Waals surface area contributed by atoms with Crippen LogP contribution in [-0.2, 0) is 0 Å². The molecule has 1 aromatic carbocycles. The van der Waals surface area contributed by atoms with Gasteiger partial charge in [0, 0.05) is 22.1 Å². The van der Waals surface area contributed by atoms with Gasteiger partial charge in [0.1, 0.15) is 5.82 Å². The lowest BCUT2D eigenvalue weighted by molar-refractivity contribution is 0.599. The molecule has 0 N–H and O–H groups in total. The molecule has 2 rings (SSSR count). The molecule has 79 valence electrons. The Morgan fingerprint density at radius 3 is 2.80 bits per heavy atom. The topological polar surface area (TPSA) is 4.93 Å². The molecule has 0 fully saturated rings. The summed E-state index contributed by atoms with van der Waals surface area (Å²) < 4.78 is 16.6. The van der Waals surface area contributed by atoms with Crippen LogP contribution in [0.5, 0.6) is 0 Å². The van der Waals surface area contributed by atoms with Gasteiger partial charge in [-0.3, -0.25) is 0 Å². The smallest absolute Gasteiger partial charge is 0.147 e. The van der Waals surface area contributed by atoms with E-state index in [-0.39, 0.29) is 11.9 Å². The minimum atomic E-state index is -0.174. The van der Waals surface area contributed by atoms with Crippen molar-refractivity contribution >= 4 is 26.8 Å². The maximum atomic E-state index is 13.7. The fourth-order valence-corrected chi connectivity index (χ4v) is 2.16. The fraction of sp³-hybridized carbons (Fsp3) is 0.250. The molecule has 2 aromatic rings. The Morgan fingerprint density at radius 1 is 1.40 bits per heavy atom. The number of hydrogen-bond donors (Lipinski definition) is 0. The van der Waals surface area contributed by atoms with Crippen molar-refractivity contribution < 1.29 is 4.39 Å². The Hall–Kier alpha value is -0.830. The van der Waals surface area contributed by atoms with E-state index < -0.39 is 0 Å². The van der Waals surface area contributed by atoms with Gasteiger partial charge in [0.2, 0.25) is 0 Å². The molecule has 0 spiro atoms. The van der Waals surface area contributed by atoms with Crippen molar-refractivity contribution in [2.45, 2.75) is 19.9 Å². The van der Waals surface area contributed by atoms with Crippen LogP contribution in [0.15, 0.2) is 28.9 Å². The van der Waals surface area contributed by atoms with E-state index in [1.165, 1.54) is 6.07 Å². The average molecular weight is 269 g/mol. The van der Waals surface area contributed by atoms with Crippen LogP contribution >= 0.6 is 15.9 Å². The van der Waals surface area contributed by atoms with E-state index in [2.05, 4.69) is 15.9 Å². The lowest BCUT2D eigenvalue weighted by atomic mass is 10.2. The molecule has 0 amide bonds. The quantitative estimate of drug-likeness (QED) is 0.764. The molecule has 1 atom stereocenters. The van der Waals surface area contributed by atoms with Crippen LogP contribution in [0.4, 0.5) is 4.39 Å². The first kappa shape index (κ1) is 10.7. The maximum Gasteiger partial charge on any atom is 0.147 e. The van der Waals surface area contributed by atoms with Crippen LogP contribution in [0.3, 0.4) is 0 Å². The second-order valence-corrected chi connectivity index (χ2v) is 4.44. The molecule has 1 nitrogen and oxygen atoms in total. The van der Waals surface area contributed by atoms with Gasteiger partial charge in [0.05, 0.1) is 5.52 Å². The van der Waals surface area contributed by atoms with Crippen molar-refractivity contribution in [3.05, 3.63) is 41.1 Å². The van der Waals surface area contributed by atoms with Crippen LogP contribution < -0.4 is 0 Å². The Balaban J connectivity index is 2.73. The molecule has 0 aliphatic rings. The third kappa shape index (κ3) is 1.69. The van der Waals surface area contributed by atoms with E-state index in [0.717, 1.165) is 9.86 Å². The van der Waals surface area contributed by atoms with Crippen molar-refractivity contribution in [2.75, 3.05) is 0 Å². The molecular weight excluding hydrogens is 257 g/mol. The van der Waals surface area contributed by atoms with Crippen LogP contribution in [0, 0.1) is 12.2 Å². The fourth-order valence-electron chi connectivity index (χ4n) is 1.71. The summed E-state index contributed by atoms with van der Waals surface area (Å²) in [6.07, 6.45) is 3.96. The monoisotopic (exact) mass is 268 g/mol. The van der Waals surface area contributed by atoms with Crippen molar-refractivity contribution in [2.24, 2.45) is 0 Å². The minimum Gasteiger partial charge on any atom is -0.342 e. The first-order valence-electron chi connectivity index (χ1n) is 4.89. The molecule has 0 bridgehead atoms. The SMILES string of the molecule is C[CH]C(C)n1ccc2c(Br)ccc(F)c21. The lowest BCUT2D eigenvalue weighted by Crippen LogP contribution is -2.03. The van der Waals surface area contributed by atoms with Gasteiger partial charge in [-0.1, -0.05) is 22.9 Å². The summed E-state index contributed by atoms with van der Waals surface area (Å²) in [4.78, 5) is 0. The molecule has 1 aromatic heterocycles. The van der Waals surface area contributed by atoms with E-state index in [4.69, 9.17) is 0 Å².